The third-order valence-electron chi connectivity index (χ3n) is 5.55. The van der Waals surface area contributed by atoms with Gasteiger partial charge in [-0.1, -0.05) is 12.2 Å². The first-order chi connectivity index (χ1) is 16.5. The van der Waals surface area contributed by atoms with Crippen LogP contribution in [-0.4, -0.2) is 93.4 Å². The van der Waals surface area contributed by atoms with Gasteiger partial charge in [-0.15, -0.1) is 8.75 Å². The number of nitrogens with zero attached hydrogens (tertiary/aromatic N) is 6. The van der Waals surface area contributed by atoms with E-state index >= 15 is 0 Å². The molecule has 0 radical (unpaired) electrons. The topological polar surface area (TPSA) is 95.0 Å². The number of hydrogen-bond donors (Lipinski definition) is 0. The maximum atomic E-state index is 5.90. The number of likely N-dealkylation sites (N-methyl/N-ethyl adjacent to an activating group) is 2. The zero-order valence-electron chi connectivity index (χ0n) is 20.1. The third kappa shape index (κ3) is 6.80. The Hall–Kier alpha value is -1.96. The summed E-state index contributed by atoms with van der Waals surface area (Å²) in [4.78, 5) is 4.52. The molecule has 186 valence electrons. The van der Waals surface area contributed by atoms with Crippen LogP contribution >= 0.6 is 23.5 Å². The predicted octanol–water partition coefficient (Wildman–Crippen LogP) is 3.01. The predicted molar refractivity (Wildman–Crippen MR) is 132 cm³/mol. The normalized spacial score (nSPS) is 19.4. The van der Waals surface area contributed by atoms with Crippen molar-refractivity contribution in [3.8, 4) is 11.8 Å². The van der Waals surface area contributed by atoms with Gasteiger partial charge in [-0.25, -0.2) is 0 Å². The molecular weight excluding hydrogens is 476 g/mol. The second-order valence-corrected chi connectivity index (χ2v) is 9.52. The zero-order valence-corrected chi connectivity index (χ0v) is 21.7. The molecule has 34 heavy (non-hydrogen) atoms. The first-order valence-electron chi connectivity index (χ1n) is 11.5. The van der Waals surface area contributed by atoms with Gasteiger partial charge in [0, 0.05) is 26.2 Å². The van der Waals surface area contributed by atoms with E-state index in [0.29, 0.717) is 25.0 Å². The van der Waals surface area contributed by atoms with Crippen LogP contribution < -0.4 is 9.47 Å². The molecule has 2 aliphatic heterocycles. The van der Waals surface area contributed by atoms with Crippen LogP contribution in [0.15, 0.2) is 12.2 Å². The van der Waals surface area contributed by atoms with Crippen molar-refractivity contribution in [1.82, 2.24) is 27.3 Å². The van der Waals surface area contributed by atoms with E-state index in [1.807, 2.05) is 13.8 Å². The molecule has 0 saturated carbocycles. The fourth-order valence-electron chi connectivity index (χ4n) is 3.85. The Bertz CT molecular complexity index is 915. The lowest BCUT2D eigenvalue weighted by Crippen LogP contribution is -2.26. The molecule has 2 atom stereocenters. The summed E-state index contributed by atoms with van der Waals surface area (Å²) in [5, 5.41) is 0. The molecule has 2 aromatic rings. The average Bonchev–Trinajstić information content (AvgIpc) is 3.46. The lowest BCUT2D eigenvalue weighted by Gasteiger charge is -2.23. The molecular formula is C22H32N6O4S2. The van der Waals surface area contributed by atoms with Crippen molar-refractivity contribution < 1.29 is 18.9 Å². The van der Waals surface area contributed by atoms with Crippen LogP contribution in [0.3, 0.4) is 0 Å². The monoisotopic (exact) mass is 508 g/mol. The molecule has 2 aromatic heterocycles. The van der Waals surface area contributed by atoms with E-state index in [4.69, 9.17) is 18.9 Å². The van der Waals surface area contributed by atoms with E-state index < -0.39 is 12.6 Å². The van der Waals surface area contributed by atoms with Crippen molar-refractivity contribution in [2.75, 3.05) is 53.5 Å². The van der Waals surface area contributed by atoms with Gasteiger partial charge in [0.25, 0.3) is 11.8 Å². The Morgan fingerprint density at radius 2 is 1.21 bits per heavy atom. The Kier molecular flexibility index (Phi) is 8.98. The van der Waals surface area contributed by atoms with Gasteiger partial charge in [-0.3, -0.25) is 0 Å². The fraction of sp³-hybridized carbons (Fsp3) is 0.636. The van der Waals surface area contributed by atoms with Gasteiger partial charge in [0.15, 0.2) is 12.6 Å². The SMILES string of the molecule is CC(OCCOC(C)Oc1nsnc1C1=CCCN(C)C1)Oc1nsnc1C1=CCCN(C)C1. The van der Waals surface area contributed by atoms with Crippen molar-refractivity contribution in [3.63, 3.8) is 0 Å². The minimum Gasteiger partial charge on any atom is -0.446 e. The van der Waals surface area contributed by atoms with E-state index in [1.165, 1.54) is 0 Å². The molecule has 10 nitrogen and oxygen atoms in total. The van der Waals surface area contributed by atoms with Crippen molar-refractivity contribution >= 4 is 34.6 Å². The molecule has 0 aromatic carbocycles. The van der Waals surface area contributed by atoms with Crippen LogP contribution in [0.1, 0.15) is 38.1 Å². The van der Waals surface area contributed by atoms with Gasteiger partial charge < -0.3 is 28.7 Å². The van der Waals surface area contributed by atoms with E-state index in [1.54, 1.807) is 0 Å². The molecule has 4 heterocycles. The van der Waals surface area contributed by atoms with Crippen LogP contribution in [0.25, 0.3) is 11.1 Å². The van der Waals surface area contributed by atoms with Gasteiger partial charge >= 0.3 is 0 Å². The van der Waals surface area contributed by atoms with Gasteiger partial charge in [0.1, 0.15) is 11.4 Å². The summed E-state index contributed by atoms with van der Waals surface area (Å²) in [6.07, 6.45) is 5.45. The van der Waals surface area contributed by atoms with E-state index in [2.05, 4.69) is 53.5 Å². The second kappa shape index (κ2) is 12.1. The highest BCUT2D eigenvalue weighted by molar-refractivity contribution is 6.99. The molecule has 0 saturated heterocycles. The van der Waals surface area contributed by atoms with E-state index in [9.17, 15) is 0 Å². The number of aromatic nitrogens is 4. The third-order valence-corrected chi connectivity index (χ3v) is 6.58. The minimum absolute atomic E-state index is 0.353. The molecule has 0 bridgehead atoms. The summed E-state index contributed by atoms with van der Waals surface area (Å²) >= 11 is 2.30. The van der Waals surface area contributed by atoms with Crippen LogP contribution in [0.4, 0.5) is 0 Å². The summed E-state index contributed by atoms with van der Waals surface area (Å²) in [6.45, 7) is 8.17. The zero-order chi connectivity index (χ0) is 23.9. The summed E-state index contributed by atoms with van der Waals surface area (Å²) in [5.41, 5.74) is 3.89. The van der Waals surface area contributed by atoms with Crippen molar-refractivity contribution in [3.05, 3.63) is 23.5 Å². The first kappa shape index (κ1) is 25.1. The molecule has 2 aliphatic rings. The molecule has 0 aliphatic carbocycles. The molecule has 4 rings (SSSR count). The van der Waals surface area contributed by atoms with Gasteiger partial charge in [-0.05, 0) is 51.9 Å². The molecule has 0 N–H and O–H groups in total. The second-order valence-electron chi connectivity index (χ2n) is 8.46. The van der Waals surface area contributed by atoms with Crippen molar-refractivity contribution in [1.29, 1.82) is 0 Å². The van der Waals surface area contributed by atoms with Crippen molar-refractivity contribution in [2.24, 2.45) is 0 Å². The van der Waals surface area contributed by atoms with Crippen LogP contribution in [0, 0.1) is 0 Å². The number of ether oxygens (including phenoxy) is 4. The van der Waals surface area contributed by atoms with Gasteiger partial charge in [0.05, 0.1) is 36.7 Å². The number of hydrogen-bond acceptors (Lipinski definition) is 12. The molecule has 12 heteroatoms. The molecule has 0 spiro atoms. The molecule has 0 amide bonds. The highest BCUT2D eigenvalue weighted by Crippen LogP contribution is 2.29. The smallest absolute Gasteiger partial charge is 0.255 e. The van der Waals surface area contributed by atoms with Crippen LogP contribution in [-0.2, 0) is 9.47 Å². The highest BCUT2D eigenvalue weighted by atomic mass is 32.1. The minimum atomic E-state index is -0.478. The Balaban J connectivity index is 1.19. The Labute approximate surface area is 208 Å². The first-order valence-corrected chi connectivity index (χ1v) is 12.9. The van der Waals surface area contributed by atoms with Gasteiger partial charge in [0.2, 0.25) is 0 Å². The van der Waals surface area contributed by atoms with Gasteiger partial charge in [-0.2, -0.15) is 8.75 Å². The van der Waals surface area contributed by atoms with E-state index in [0.717, 1.165) is 85.0 Å². The van der Waals surface area contributed by atoms with Crippen LogP contribution in [0.2, 0.25) is 0 Å². The Morgan fingerprint density at radius 3 is 1.62 bits per heavy atom. The molecule has 0 fully saturated rings. The lowest BCUT2D eigenvalue weighted by atomic mass is 10.1. The standard InChI is InChI=1S/C22H32N6O4S2/c1-15(31-21-19(23-33-25-21)17-7-5-9-27(3)13-17)29-11-12-30-16(2)32-22-20(24-34-26-22)18-8-6-10-28(4)14-18/h7-8,15-16H,5-6,9-14H2,1-4H3. The lowest BCUT2D eigenvalue weighted by molar-refractivity contribution is -0.121. The maximum absolute atomic E-state index is 5.90. The summed E-state index contributed by atoms with van der Waals surface area (Å²) in [6, 6.07) is 0. The summed E-state index contributed by atoms with van der Waals surface area (Å²) in [7, 11) is 4.20. The molecule has 2 unspecified atom stereocenters. The van der Waals surface area contributed by atoms with Crippen LogP contribution in [0.5, 0.6) is 11.8 Å². The average molecular weight is 509 g/mol. The summed E-state index contributed by atoms with van der Waals surface area (Å²) in [5.74, 6) is 1.03. The van der Waals surface area contributed by atoms with E-state index in [-0.39, 0.29) is 0 Å². The fourth-order valence-corrected chi connectivity index (χ4v) is 4.89. The Morgan fingerprint density at radius 1 is 0.765 bits per heavy atom. The highest BCUT2D eigenvalue weighted by Gasteiger charge is 2.21. The number of rotatable bonds is 11. The quantitative estimate of drug-likeness (QED) is 0.333. The van der Waals surface area contributed by atoms with Crippen molar-refractivity contribution in [2.45, 2.75) is 39.3 Å². The maximum Gasteiger partial charge on any atom is 0.255 e. The summed E-state index contributed by atoms with van der Waals surface area (Å²) < 4.78 is 40.8. The largest absolute Gasteiger partial charge is 0.446 e.